The van der Waals surface area contributed by atoms with Crippen molar-refractivity contribution in [2.24, 2.45) is 0 Å². The van der Waals surface area contributed by atoms with Crippen LogP contribution in [0.2, 0.25) is 10.0 Å². The van der Waals surface area contributed by atoms with E-state index in [1.165, 1.54) is 0 Å². The molecule has 0 amide bonds. The molecule has 0 aromatic heterocycles. The fourth-order valence-electron chi connectivity index (χ4n) is 1.64. The van der Waals surface area contributed by atoms with Crippen LogP contribution in [0.1, 0.15) is 17.2 Å². The summed E-state index contributed by atoms with van der Waals surface area (Å²) in [6.07, 6.45) is -1.23. The molecule has 0 heterocycles. The van der Waals surface area contributed by atoms with Crippen molar-refractivity contribution < 1.29 is 13.9 Å². The lowest BCUT2D eigenvalue weighted by Crippen LogP contribution is -2.02. The summed E-state index contributed by atoms with van der Waals surface area (Å²) in [5.41, 5.74) is 0.380. The largest absolute Gasteiger partial charge is 0.384 e. The first-order valence-corrected chi connectivity index (χ1v) is 5.82. The van der Waals surface area contributed by atoms with E-state index in [2.05, 4.69) is 0 Å². The predicted octanol–water partition coefficient (Wildman–Crippen LogP) is 4.35. The summed E-state index contributed by atoms with van der Waals surface area (Å²) in [5, 5.41) is 10.5. The van der Waals surface area contributed by atoms with Gasteiger partial charge in [-0.3, -0.25) is 0 Å². The van der Waals surface area contributed by atoms with E-state index in [1.807, 2.05) is 0 Å². The van der Waals surface area contributed by atoms with Crippen molar-refractivity contribution in [1.82, 2.24) is 0 Å². The van der Waals surface area contributed by atoms with Crippen molar-refractivity contribution in [2.75, 3.05) is 0 Å². The molecule has 94 valence electrons. The SMILES string of the molecule is OC(c1cc(F)cc(F)c1)c1cccc(Cl)c1Cl. The Hall–Kier alpha value is -1.16. The Bertz CT molecular complexity index is 567. The van der Waals surface area contributed by atoms with Gasteiger partial charge in [-0.2, -0.15) is 0 Å². The highest BCUT2D eigenvalue weighted by Gasteiger charge is 2.17. The molecule has 0 aliphatic carbocycles. The minimum absolute atomic E-state index is 0.0802. The molecule has 18 heavy (non-hydrogen) atoms. The van der Waals surface area contributed by atoms with Crippen LogP contribution >= 0.6 is 23.2 Å². The maximum absolute atomic E-state index is 13.1. The second-order valence-corrected chi connectivity index (χ2v) is 4.53. The van der Waals surface area contributed by atoms with E-state index in [0.717, 1.165) is 18.2 Å². The molecule has 1 nitrogen and oxygen atoms in total. The summed E-state index contributed by atoms with van der Waals surface area (Å²) in [4.78, 5) is 0. The van der Waals surface area contributed by atoms with Gasteiger partial charge in [-0.25, -0.2) is 8.78 Å². The van der Waals surface area contributed by atoms with Crippen molar-refractivity contribution in [3.8, 4) is 0 Å². The van der Waals surface area contributed by atoms with Gasteiger partial charge in [-0.05, 0) is 23.8 Å². The van der Waals surface area contributed by atoms with Gasteiger partial charge in [0.25, 0.3) is 0 Å². The van der Waals surface area contributed by atoms with Crippen LogP contribution in [-0.4, -0.2) is 5.11 Å². The molecule has 1 N–H and O–H groups in total. The van der Waals surface area contributed by atoms with Crippen LogP contribution in [0.3, 0.4) is 0 Å². The van der Waals surface area contributed by atoms with Crippen molar-refractivity contribution in [1.29, 1.82) is 0 Å². The Morgan fingerprint density at radius 1 is 1.00 bits per heavy atom. The maximum atomic E-state index is 13.1. The van der Waals surface area contributed by atoms with Gasteiger partial charge in [0.05, 0.1) is 10.0 Å². The minimum atomic E-state index is -1.23. The molecule has 5 heteroatoms. The molecule has 0 saturated carbocycles. The molecule has 2 aromatic carbocycles. The van der Waals surface area contributed by atoms with Crippen LogP contribution in [0.25, 0.3) is 0 Å². The average molecular weight is 289 g/mol. The van der Waals surface area contributed by atoms with E-state index < -0.39 is 17.7 Å². The number of benzene rings is 2. The Kier molecular flexibility index (Phi) is 3.85. The van der Waals surface area contributed by atoms with Crippen molar-refractivity contribution >= 4 is 23.2 Å². The second-order valence-electron chi connectivity index (χ2n) is 3.75. The topological polar surface area (TPSA) is 20.2 Å². The first kappa shape index (κ1) is 13.3. The molecule has 0 aliphatic rings. The maximum Gasteiger partial charge on any atom is 0.126 e. The molecular formula is C13H8Cl2F2O. The molecular weight excluding hydrogens is 281 g/mol. The summed E-state index contributed by atoms with van der Waals surface area (Å²) in [7, 11) is 0. The monoisotopic (exact) mass is 288 g/mol. The number of rotatable bonds is 2. The predicted molar refractivity (Wildman–Crippen MR) is 66.9 cm³/mol. The Morgan fingerprint density at radius 3 is 2.22 bits per heavy atom. The summed E-state index contributed by atoms with van der Waals surface area (Å²) in [5.74, 6) is -1.52. The Labute approximate surface area is 113 Å². The fourth-order valence-corrected chi connectivity index (χ4v) is 2.06. The first-order chi connectivity index (χ1) is 8.49. The molecule has 0 saturated heterocycles. The van der Waals surface area contributed by atoms with Gasteiger partial charge in [0.2, 0.25) is 0 Å². The second kappa shape index (κ2) is 5.22. The van der Waals surface area contributed by atoms with E-state index in [0.29, 0.717) is 5.56 Å². The lowest BCUT2D eigenvalue weighted by molar-refractivity contribution is 0.219. The van der Waals surface area contributed by atoms with Crippen LogP contribution in [0.15, 0.2) is 36.4 Å². The van der Waals surface area contributed by atoms with Crippen LogP contribution in [0.4, 0.5) is 8.78 Å². The third kappa shape index (κ3) is 2.64. The third-order valence-corrected chi connectivity index (χ3v) is 3.31. The summed E-state index contributed by atoms with van der Waals surface area (Å²) < 4.78 is 26.1. The Balaban J connectivity index is 2.47. The van der Waals surface area contributed by atoms with Gasteiger partial charge in [0.15, 0.2) is 0 Å². The number of hydrogen-bond acceptors (Lipinski definition) is 1. The molecule has 0 bridgehead atoms. The number of halogens is 4. The molecule has 1 unspecified atom stereocenters. The third-order valence-electron chi connectivity index (χ3n) is 2.48. The number of aliphatic hydroxyl groups excluding tert-OH is 1. The molecule has 2 aromatic rings. The van der Waals surface area contributed by atoms with Crippen LogP contribution in [-0.2, 0) is 0 Å². The van der Waals surface area contributed by atoms with E-state index >= 15 is 0 Å². The molecule has 0 radical (unpaired) electrons. The quantitative estimate of drug-likeness (QED) is 0.871. The van der Waals surface area contributed by atoms with E-state index in [1.54, 1.807) is 18.2 Å². The van der Waals surface area contributed by atoms with E-state index in [9.17, 15) is 13.9 Å². The van der Waals surface area contributed by atoms with Crippen molar-refractivity contribution in [3.05, 3.63) is 69.2 Å². The van der Waals surface area contributed by atoms with Gasteiger partial charge in [-0.15, -0.1) is 0 Å². The fraction of sp³-hybridized carbons (Fsp3) is 0.0769. The number of aliphatic hydroxyl groups is 1. The highest BCUT2D eigenvalue weighted by atomic mass is 35.5. The standard InChI is InChI=1S/C13H8Cl2F2O/c14-11-3-1-2-10(12(11)15)13(18)7-4-8(16)6-9(17)5-7/h1-6,13,18H. The van der Waals surface area contributed by atoms with Crippen LogP contribution < -0.4 is 0 Å². The van der Waals surface area contributed by atoms with Gasteiger partial charge in [-0.1, -0.05) is 35.3 Å². The van der Waals surface area contributed by atoms with E-state index in [-0.39, 0.29) is 15.6 Å². The summed E-state index contributed by atoms with van der Waals surface area (Å²) in [6, 6.07) is 7.53. The van der Waals surface area contributed by atoms with Gasteiger partial charge in [0, 0.05) is 11.6 Å². The summed E-state index contributed by atoms with van der Waals surface area (Å²) >= 11 is 11.8. The molecule has 0 fully saturated rings. The molecule has 0 spiro atoms. The lowest BCUT2D eigenvalue weighted by atomic mass is 10.0. The zero-order valence-corrected chi connectivity index (χ0v) is 10.5. The van der Waals surface area contributed by atoms with Crippen molar-refractivity contribution in [2.45, 2.75) is 6.10 Å². The van der Waals surface area contributed by atoms with E-state index in [4.69, 9.17) is 23.2 Å². The molecule has 2 rings (SSSR count). The highest BCUT2D eigenvalue weighted by Crippen LogP contribution is 2.33. The highest BCUT2D eigenvalue weighted by molar-refractivity contribution is 6.42. The lowest BCUT2D eigenvalue weighted by Gasteiger charge is -2.14. The smallest absolute Gasteiger partial charge is 0.126 e. The van der Waals surface area contributed by atoms with Crippen molar-refractivity contribution in [3.63, 3.8) is 0 Å². The first-order valence-electron chi connectivity index (χ1n) is 5.07. The minimum Gasteiger partial charge on any atom is -0.384 e. The van der Waals surface area contributed by atoms with Gasteiger partial charge >= 0.3 is 0 Å². The zero-order chi connectivity index (χ0) is 13.3. The molecule has 1 atom stereocenters. The zero-order valence-electron chi connectivity index (χ0n) is 9.00. The summed E-state index contributed by atoms with van der Waals surface area (Å²) in [6.45, 7) is 0. The van der Waals surface area contributed by atoms with Crippen LogP contribution in [0, 0.1) is 11.6 Å². The molecule has 0 aliphatic heterocycles. The normalized spacial score (nSPS) is 12.5. The number of hydrogen-bond donors (Lipinski definition) is 1. The van der Waals surface area contributed by atoms with Gasteiger partial charge in [0.1, 0.15) is 17.7 Å². The average Bonchev–Trinajstić information content (AvgIpc) is 2.30. The Morgan fingerprint density at radius 2 is 1.61 bits per heavy atom. The van der Waals surface area contributed by atoms with Gasteiger partial charge < -0.3 is 5.11 Å². The van der Waals surface area contributed by atoms with Crippen LogP contribution in [0.5, 0.6) is 0 Å².